The lowest BCUT2D eigenvalue weighted by molar-refractivity contribution is 0.373. The third kappa shape index (κ3) is 1.78. The first-order chi connectivity index (χ1) is 10.4. The maximum atomic E-state index is 5.95. The zero-order chi connectivity index (χ0) is 14.0. The van der Waals surface area contributed by atoms with E-state index in [1.165, 1.54) is 49.7 Å². The maximum absolute atomic E-state index is 5.95. The van der Waals surface area contributed by atoms with E-state index >= 15 is 0 Å². The number of rotatable bonds is 4. The predicted molar refractivity (Wildman–Crippen MR) is 84.4 cm³/mol. The van der Waals surface area contributed by atoms with Gasteiger partial charge < -0.3 is 0 Å². The fraction of sp³-hybridized carbons (Fsp3) is 0.684. The van der Waals surface area contributed by atoms with Crippen LogP contribution < -0.4 is 11.3 Å². The molecule has 21 heavy (non-hydrogen) atoms. The second-order valence-electron chi connectivity index (χ2n) is 8.00. The summed E-state index contributed by atoms with van der Waals surface area (Å²) in [5.74, 6) is 11.6. The molecule has 5 atom stereocenters. The fourth-order valence-electron chi connectivity index (χ4n) is 5.98. The van der Waals surface area contributed by atoms with E-state index < -0.39 is 0 Å². The molecule has 0 saturated heterocycles. The summed E-state index contributed by atoms with van der Waals surface area (Å²) in [7, 11) is 0. The van der Waals surface area contributed by atoms with Crippen LogP contribution in [0.5, 0.6) is 0 Å². The molecule has 0 heterocycles. The zero-order valence-corrected chi connectivity index (χ0v) is 12.7. The Bertz CT molecular complexity index is 517. The second kappa shape index (κ2) is 4.57. The van der Waals surface area contributed by atoms with Crippen LogP contribution in [0.4, 0.5) is 0 Å². The summed E-state index contributed by atoms with van der Waals surface area (Å²) in [6, 6.07) is 9.79. The maximum Gasteiger partial charge on any atom is 0.0493 e. The Balaban J connectivity index is 1.36. The average Bonchev–Trinajstić information content (AvgIpc) is 2.88. The first-order valence-electron chi connectivity index (χ1n) is 8.93. The van der Waals surface area contributed by atoms with Crippen LogP contribution in [0, 0.1) is 29.6 Å². The molecule has 2 heteroatoms. The van der Waals surface area contributed by atoms with E-state index in [9.17, 15) is 0 Å². The monoisotopic (exact) mass is 282 g/mol. The molecule has 0 aliphatic heterocycles. The number of hydrogen-bond donors (Lipinski definition) is 2. The normalized spacial score (nSPS) is 41.7. The molecular formula is C19H26N2. The van der Waals surface area contributed by atoms with Crippen molar-refractivity contribution in [3.63, 3.8) is 0 Å². The lowest BCUT2D eigenvalue weighted by Crippen LogP contribution is -2.31. The minimum atomic E-state index is 0.388. The van der Waals surface area contributed by atoms with E-state index in [0.717, 1.165) is 35.5 Å². The highest BCUT2D eigenvalue weighted by Crippen LogP contribution is 2.72. The number of nitrogens with one attached hydrogen (secondary N) is 1. The standard InChI is InChI=1S/C19H26N2/c20-21-19(18-16-14-8-9-15(10-14)17(16)18)13-6-4-12(5-7-13)11-2-1-3-11/h4-7,11,14-19,21H,1-3,8-10,20H2. The summed E-state index contributed by atoms with van der Waals surface area (Å²) in [5.41, 5.74) is 6.11. The zero-order valence-electron chi connectivity index (χ0n) is 12.7. The SMILES string of the molecule is NNC(c1ccc(C2CCC2)cc1)C1C2C3CCC(C3)C21. The molecule has 2 nitrogen and oxygen atoms in total. The van der Waals surface area contributed by atoms with Gasteiger partial charge in [-0.3, -0.25) is 11.3 Å². The highest BCUT2D eigenvalue weighted by Gasteiger charge is 2.66. The molecule has 0 spiro atoms. The van der Waals surface area contributed by atoms with E-state index in [-0.39, 0.29) is 0 Å². The van der Waals surface area contributed by atoms with E-state index in [4.69, 9.17) is 5.84 Å². The average molecular weight is 282 g/mol. The van der Waals surface area contributed by atoms with Gasteiger partial charge >= 0.3 is 0 Å². The van der Waals surface area contributed by atoms with Crippen LogP contribution in [0.15, 0.2) is 24.3 Å². The number of hydrazine groups is 1. The summed E-state index contributed by atoms with van der Waals surface area (Å²) < 4.78 is 0. The summed E-state index contributed by atoms with van der Waals surface area (Å²) >= 11 is 0. The molecule has 3 N–H and O–H groups in total. The van der Waals surface area contributed by atoms with Crippen molar-refractivity contribution in [2.24, 2.45) is 35.4 Å². The van der Waals surface area contributed by atoms with Gasteiger partial charge in [0.15, 0.2) is 0 Å². The highest BCUT2D eigenvalue weighted by atomic mass is 15.2. The molecule has 4 fully saturated rings. The first kappa shape index (κ1) is 12.7. The van der Waals surface area contributed by atoms with Crippen molar-refractivity contribution in [3.05, 3.63) is 35.4 Å². The molecule has 2 bridgehead atoms. The molecule has 0 radical (unpaired) electrons. The largest absolute Gasteiger partial charge is 0.271 e. The lowest BCUT2D eigenvalue weighted by atomic mass is 9.79. The van der Waals surface area contributed by atoms with Crippen LogP contribution in [0.2, 0.25) is 0 Å². The minimum Gasteiger partial charge on any atom is -0.271 e. The molecular weight excluding hydrogens is 256 g/mol. The van der Waals surface area contributed by atoms with Gasteiger partial charge in [0.25, 0.3) is 0 Å². The Morgan fingerprint density at radius 1 is 0.952 bits per heavy atom. The predicted octanol–water partition coefficient (Wildman–Crippen LogP) is 3.75. The van der Waals surface area contributed by atoms with Crippen molar-refractivity contribution >= 4 is 0 Å². The van der Waals surface area contributed by atoms with Gasteiger partial charge in [-0.05, 0) is 78.7 Å². The molecule has 1 aromatic rings. The quantitative estimate of drug-likeness (QED) is 0.652. The van der Waals surface area contributed by atoms with Crippen molar-refractivity contribution in [1.29, 1.82) is 0 Å². The molecule has 1 aromatic carbocycles. The van der Waals surface area contributed by atoms with Gasteiger partial charge in [0.1, 0.15) is 0 Å². The molecule has 5 rings (SSSR count). The van der Waals surface area contributed by atoms with Crippen molar-refractivity contribution in [1.82, 2.24) is 5.43 Å². The molecule has 4 saturated carbocycles. The van der Waals surface area contributed by atoms with E-state index in [2.05, 4.69) is 29.7 Å². The molecule has 4 aliphatic carbocycles. The van der Waals surface area contributed by atoms with Crippen LogP contribution in [-0.4, -0.2) is 0 Å². The number of hydrogen-bond acceptors (Lipinski definition) is 2. The fourth-order valence-corrected chi connectivity index (χ4v) is 5.98. The van der Waals surface area contributed by atoms with Crippen molar-refractivity contribution in [3.8, 4) is 0 Å². The van der Waals surface area contributed by atoms with Gasteiger partial charge in [-0.1, -0.05) is 30.7 Å². The van der Waals surface area contributed by atoms with E-state index in [0.29, 0.717) is 6.04 Å². The van der Waals surface area contributed by atoms with Crippen LogP contribution >= 0.6 is 0 Å². The van der Waals surface area contributed by atoms with Gasteiger partial charge in [-0.15, -0.1) is 0 Å². The Labute approximate surface area is 127 Å². The van der Waals surface area contributed by atoms with Crippen LogP contribution in [-0.2, 0) is 0 Å². The third-order valence-electron chi connectivity index (χ3n) is 7.23. The smallest absolute Gasteiger partial charge is 0.0493 e. The molecule has 112 valence electrons. The number of fused-ring (bicyclic) bond motifs is 5. The van der Waals surface area contributed by atoms with Gasteiger partial charge in [0.2, 0.25) is 0 Å². The summed E-state index contributed by atoms with van der Waals surface area (Å²) in [6.45, 7) is 0. The van der Waals surface area contributed by atoms with Crippen molar-refractivity contribution in [2.45, 2.75) is 50.5 Å². The van der Waals surface area contributed by atoms with Gasteiger partial charge in [-0.2, -0.15) is 0 Å². The first-order valence-corrected chi connectivity index (χ1v) is 8.93. The Kier molecular flexibility index (Phi) is 2.75. The minimum absolute atomic E-state index is 0.388. The Morgan fingerprint density at radius 3 is 2.14 bits per heavy atom. The van der Waals surface area contributed by atoms with Crippen molar-refractivity contribution in [2.75, 3.05) is 0 Å². The van der Waals surface area contributed by atoms with Gasteiger partial charge in [0, 0.05) is 6.04 Å². The van der Waals surface area contributed by atoms with Crippen LogP contribution in [0.1, 0.15) is 61.6 Å². The van der Waals surface area contributed by atoms with E-state index in [1.807, 2.05) is 0 Å². The summed E-state index contributed by atoms with van der Waals surface area (Å²) in [5, 5.41) is 0. The molecule has 0 amide bonds. The highest BCUT2D eigenvalue weighted by molar-refractivity contribution is 5.31. The van der Waals surface area contributed by atoms with Gasteiger partial charge in [0.05, 0.1) is 0 Å². The Morgan fingerprint density at radius 2 is 1.62 bits per heavy atom. The molecule has 4 aliphatic rings. The van der Waals surface area contributed by atoms with Gasteiger partial charge in [-0.25, -0.2) is 0 Å². The second-order valence-corrected chi connectivity index (χ2v) is 8.00. The molecule has 5 unspecified atom stereocenters. The van der Waals surface area contributed by atoms with E-state index in [1.54, 1.807) is 0 Å². The van der Waals surface area contributed by atoms with Crippen molar-refractivity contribution < 1.29 is 0 Å². The lowest BCUT2D eigenvalue weighted by Gasteiger charge is -2.26. The van der Waals surface area contributed by atoms with Crippen LogP contribution in [0.25, 0.3) is 0 Å². The summed E-state index contributed by atoms with van der Waals surface area (Å²) in [6.07, 6.45) is 8.67. The molecule has 0 aromatic heterocycles. The number of nitrogens with two attached hydrogens (primary N) is 1. The number of benzene rings is 1. The topological polar surface area (TPSA) is 38.0 Å². The third-order valence-corrected chi connectivity index (χ3v) is 7.23. The summed E-state index contributed by atoms with van der Waals surface area (Å²) in [4.78, 5) is 0. The Hall–Kier alpha value is -0.860. The van der Waals surface area contributed by atoms with Crippen LogP contribution in [0.3, 0.4) is 0 Å².